The van der Waals surface area contributed by atoms with Gasteiger partial charge in [-0.1, -0.05) is 24.3 Å². The normalized spacial score (nSPS) is 23.7. The number of aliphatic hydroxyl groups is 1. The molecule has 2 heterocycles. The summed E-state index contributed by atoms with van der Waals surface area (Å²) in [6.07, 6.45) is -3.88. The van der Waals surface area contributed by atoms with E-state index in [-0.39, 0.29) is 18.1 Å². The number of hydrogen-bond donors (Lipinski definition) is 1. The molecule has 1 unspecified atom stereocenters. The molecule has 3 aromatic carbocycles. The second kappa shape index (κ2) is 11.0. The fourth-order valence-corrected chi connectivity index (χ4v) is 6.51. The summed E-state index contributed by atoms with van der Waals surface area (Å²) >= 11 is 0. The molecule has 216 valence electrons. The fraction of sp³-hybridized carbons (Fsp3) is 0.345. The van der Waals surface area contributed by atoms with Gasteiger partial charge in [-0.05, 0) is 67.3 Å². The molecule has 1 saturated heterocycles. The number of fused-ring (bicyclic) bond motifs is 2. The maximum absolute atomic E-state index is 14.0. The highest BCUT2D eigenvalue weighted by Crippen LogP contribution is 2.48. The number of para-hydroxylation sites is 4. The van der Waals surface area contributed by atoms with Crippen molar-refractivity contribution in [2.45, 2.75) is 42.3 Å². The van der Waals surface area contributed by atoms with E-state index < -0.39 is 40.0 Å². The van der Waals surface area contributed by atoms with E-state index in [0.717, 1.165) is 36.3 Å². The van der Waals surface area contributed by atoms with Crippen LogP contribution in [0.25, 0.3) is 0 Å². The maximum atomic E-state index is 14.0. The van der Waals surface area contributed by atoms with E-state index in [1.54, 1.807) is 0 Å². The van der Waals surface area contributed by atoms with Gasteiger partial charge < -0.3 is 24.2 Å². The molecule has 0 spiro atoms. The Hall–Kier alpha value is -3.61. The van der Waals surface area contributed by atoms with Crippen LogP contribution in [0.2, 0.25) is 0 Å². The van der Waals surface area contributed by atoms with Gasteiger partial charge in [-0.3, -0.25) is 4.99 Å². The summed E-state index contributed by atoms with van der Waals surface area (Å²) in [5.74, 6) is 1.19. The van der Waals surface area contributed by atoms with Crippen molar-refractivity contribution in [1.82, 2.24) is 0 Å². The molecule has 2 aliphatic heterocycles. The van der Waals surface area contributed by atoms with Gasteiger partial charge in [0.05, 0.1) is 47.6 Å². The number of ether oxygens (including phenoxy) is 3. The molecule has 8 nitrogen and oxygen atoms in total. The van der Waals surface area contributed by atoms with E-state index in [0.29, 0.717) is 24.0 Å². The lowest BCUT2D eigenvalue weighted by atomic mass is 9.98. The van der Waals surface area contributed by atoms with Crippen LogP contribution in [-0.2, 0) is 14.5 Å². The first kappa shape index (κ1) is 27.6. The largest absolute Gasteiger partial charge is 0.573 e. The third kappa shape index (κ3) is 6.04. The molecule has 0 aromatic heterocycles. The van der Waals surface area contributed by atoms with Gasteiger partial charge in [-0.25, -0.2) is 8.57 Å². The van der Waals surface area contributed by atoms with Gasteiger partial charge in [0.15, 0.2) is 11.5 Å². The zero-order valence-corrected chi connectivity index (χ0v) is 22.6. The minimum absolute atomic E-state index is 0.0955. The summed E-state index contributed by atoms with van der Waals surface area (Å²) in [6.45, 7) is 0.662. The molecule has 0 radical (unpaired) electrons. The van der Waals surface area contributed by atoms with Crippen molar-refractivity contribution in [2.24, 2.45) is 15.3 Å². The van der Waals surface area contributed by atoms with E-state index in [1.165, 1.54) is 17.7 Å². The summed E-state index contributed by atoms with van der Waals surface area (Å²) in [4.78, 5) is 6.70. The number of halogens is 3. The molecule has 2 fully saturated rings. The zero-order chi connectivity index (χ0) is 28.6. The van der Waals surface area contributed by atoms with Crippen molar-refractivity contribution in [3.05, 3.63) is 72.8 Å². The lowest BCUT2D eigenvalue weighted by Gasteiger charge is -2.43. The Balaban J connectivity index is 1.29. The monoisotopic (exact) mass is 587 g/mol. The predicted molar refractivity (Wildman–Crippen MR) is 148 cm³/mol. The SMILES string of the molecule is O=S(C=N[C@@H]1COC[C@H](N2c3ccccc3Oc3ccccc32)[C@@H]1O)(=NCC1CC1)c1ccc(OC(F)(F)F)cc1. The van der Waals surface area contributed by atoms with Crippen molar-refractivity contribution < 1.29 is 36.7 Å². The molecule has 6 rings (SSSR count). The Kier molecular flexibility index (Phi) is 7.39. The summed E-state index contributed by atoms with van der Waals surface area (Å²) in [5.41, 5.74) is 2.76. The Morgan fingerprint density at radius 1 is 0.976 bits per heavy atom. The summed E-state index contributed by atoms with van der Waals surface area (Å²) < 4.78 is 72.3. The number of aliphatic hydroxyl groups excluding tert-OH is 1. The van der Waals surface area contributed by atoms with Gasteiger partial charge in [-0.2, -0.15) is 0 Å². The summed E-state index contributed by atoms with van der Waals surface area (Å²) in [5, 5.41) is 11.5. The lowest BCUT2D eigenvalue weighted by Crippen LogP contribution is -2.54. The van der Waals surface area contributed by atoms with Gasteiger partial charge in [0.25, 0.3) is 0 Å². The summed E-state index contributed by atoms with van der Waals surface area (Å²) in [6, 6.07) is 18.5. The second-order valence-corrected chi connectivity index (χ2v) is 12.2. The van der Waals surface area contributed by atoms with Crippen molar-refractivity contribution in [3.63, 3.8) is 0 Å². The van der Waals surface area contributed by atoms with Gasteiger partial charge in [0, 0.05) is 0 Å². The van der Waals surface area contributed by atoms with E-state index in [1.807, 2.05) is 53.4 Å². The molecule has 1 saturated carbocycles. The molecular formula is C29H28F3N3O5S. The first-order chi connectivity index (χ1) is 19.7. The smallest absolute Gasteiger partial charge is 0.453 e. The molecule has 1 N–H and O–H groups in total. The van der Waals surface area contributed by atoms with Gasteiger partial charge in [-0.15, -0.1) is 13.2 Å². The molecule has 41 heavy (non-hydrogen) atoms. The molecule has 0 amide bonds. The number of aliphatic imine (C=N–C) groups is 1. The zero-order valence-electron chi connectivity index (χ0n) is 21.8. The summed E-state index contributed by atoms with van der Waals surface area (Å²) in [7, 11) is -3.25. The minimum atomic E-state index is -4.84. The number of nitrogens with zero attached hydrogens (tertiary/aromatic N) is 3. The minimum Gasteiger partial charge on any atom is -0.453 e. The highest BCUT2D eigenvalue weighted by Gasteiger charge is 2.40. The number of rotatable bonds is 7. The van der Waals surface area contributed by atoms with Crippen molar-refractivity contribution >= 4 is 26.7 Å². The third-order valence-corrected chi connectivity index (χ3v) is 9.07. The van der Waals surface area contributed by atoms with Crippen LogP contribution in [-0.4, -0.2) is 59.2 Å². The molecule has 3 aromatic rings. The Bertz CT molecular complexity index is 1510. The number of benzene rings is 3. The lowest BCUT2D eigenvalue weighted by molar-refractivity contribution is -0.274. The fourth-order valence-electron chi connectivity index (χ4n) is 4.89. The van der Waals surface area contributed by atoms with Gasteiger partial charge >= 0.3 is 6.36 Å². The molecule has 4 atom stereocenters. The molecule has 3 aliphatic rings. The van der Waals surface area contributed by atoms with Crippen molar-refractivity contribution in [2.75, 3.05) is 24.7 Å². The van der Waals surface area contributed by atoms with Crippen LogP contribution in [0.5, 0.6) is 17.2 Å². The van der Waals surface area contributed by atoms with E-state index in [4.69, 9.17) is 9.47 Å². The molecule has 12 heteroatoms. The standard InChI is InChI=1S/C29H28F3N3O5S/c30-29(31,32)40-20-11-13-21(14-12-20)41(37,34-15-19-9-10-19)18-33-22-16-38-17-25(28(22)36)35-23-5-1-3-7-26(23)39-27-8-4-2-6-24(27)35/h1-8,11-14,18-19,22,25,28,36H,9-10,15-17H2/t22-,25+,28-,41?/m1/s1. The van der Waals surface area contributed by atoms with Gasteiger partial charge in [0.1, 0.15) is 27.6 Å². The van der Waals surface area contributed by atoms with Crippen molar-refractivity contribution in [1.29, 1.82) is 0 Å². The van der Waals surface area contributed by atoms with Crippen LogP contribution < -0.4 is 14.4 Å². The van der Waals surface area contributed by atoms with Crippen LogP contribution >= 0.6 is 0 Å². The van der Waals surface area contributed by atoms with Crippen LogP contribution in [0.15, 0.2) is 87.0 Å². The van der Waals surface area contributed by atoms with E-state index in [2.05, 4.69) is 14.1 Å². The van der Waals surface area contributed by atoms with Crippen molar-refractivity contribution in [3.8, 4) is 17.2 Å². The molecular weight excluding hydrogens is 559 g/mol. The third-order valence-electron chi connectivity index (χ3n) is 7.18. The van der Waals surface area contributed by atoms with Crippen LogP contribution in [0, 0.1) is 5.92 Å². The first-order valence-corrected chi connectivity index (χ1v) is 14.8. The van der Waals surface area contributed by atoms with E-state index in [9.17, 15) is 22.5 Å². The van der Waals surface area contributed by atoms with Crippen LogP contribution in [0.1, 0.15) is 12.8 Å². The van der Waals surface area contributed by atoms with Crippen LogP contribution in [0.4, 0.5) is 24.5 Å². The number of hydrogen-bond acceptors (Lipinski definition) is 8. The Morgan fingerprint density at radius 3 is 2.22 bits per heavy atom. The van der Waals surface area contributed by atoms with Crippen LogP contribution in [0.3, 0.4) is 0 Å². The van der Waals surface area contributed by atoms with Gasteiger partial charge in [0.2, 0.25) is 0 Å². The topological polar surface area (TPSA) is 93.0 Å². The second-order valence-electron chi connectivity index (χ2n) is 10.2. The average Bonchev–Trinajstić information content (AvgIpc) is 3.79. The first-order valence-electron chi connectivity index (χ1n) is 13.2. The predicted octanol–water partition coefficient (Wildman–Crippen LogP) is 5.92. The number of anilines is 2. The highest BCUT2D eigenvalue weighted by atomic mass is 32.2. The maximum Gasteiger partial charge on any atom is 0.573 e. The van der Waals surface area contributed by atoms with E-state index >= 15 is 0 Å². The number of alkyl halides is 3. The average molecular weight is 588 g/mol. The molecule has 1 aliphatic carbocycles. The Labute approximate surface area is 235 Å². The highest BCUT2D eigenvalue weighted by molar-refractivity contribution is 8.06. The quantitative estimate of drug-likeness (QED) is 0.273. The molecule has 0 bridgehead atoms. The Morgan fingerprint density at radius 2 is 1.61 bits per heavy atom.